The fraction of sp³-hybridized carbons (Fsp3) is 0.500. The average molecular weight is 258 g/mol. The summed E-state index contributed by atoms with van der Waals surface area (Å²) in [6.45, 7) is 1.53. The Morgan fingerprint density at radius 3 is 2.68 bits per heavy atom. The van der Waals surface area contributed by atoms with Gasteiger partial charge >= 0.3 is 0 Å². The van der Waals surface area contributed by atoms with Crippen molar-refractivity contribution in [1.29, 1.82) is 0 Å². The Morgan fingerprint density at radius 1 is 1.11 bits per heavy atom. The first-order valence-corrected chi connectivity index (χ1v) is 6.97. The number of ether oxygens (including phenoxy) is 2. The summed E-state index contributed by atoms with van der Waals surface area (Å²) in [5.74, 6) is -0.536. The Kier molecular flexibility index (Phi) is 2.40. The minimum Gasteiger partial charge on any atom is -0.395 e. The van der Waals surface area contributed by atoms with Crippen LogP contribution >= 0.6 is 0 Å². The van der Waals surface area contributed by atoms with Crippen LogP contribution in [0.15, 0.2) is 30.3 Å². The van der Waals surface area contributed by atoms with Crippen molar-refractivity contribution in [3.05, 3.63) is 41.5 Å². The topological polar surface area (TPSA) is 38.7 Å². The number of benzene rings is 1. The maximum absolute atomic E-state index is 9.93. The van der Waals surface area contributed by atoms with Crippen molar-refractivity contribution in [1.82, 2.24) is 0 Å². The smallest absolute Gasteiger partial charge is 0.188 e. The molecule has 1 aromatic rings. The molecule has 0 radical (unpaired) electrons. The lowest BCUT2D eigenvalue weighted by atomic mass is 9.72. The Bertz CT molecular complexity index is 543. The SMILES string of the molecule is OC[C@]12CCC3(C=C1c1ccccc1C2)OCCO3. The molecule has 19 heavy (non-hydrogen) atoms. The molecule has 1 spiro atoms. The summed E-state index contributed by atoms with van der Waals surface area (Å²) < 4.78 is 11.6. The van der Waals surface area contributed by atoms with Crippen molar-refractivity contribution in [2.24, 2.45) is 5.41 Å². The van der Waals surface area contributed by atoms with E-state index in [1.165, 1.54) is 16.7 Å². The second-order valence-electron chi connectivity index (χ2n) is 5.84. The first kappa shape index (κ1) is 11.6. The van der Waals surface area contributed by atoms with Crippen molar-refractivity contribution >= 4 is 5.57 Å². The van der Waals surface area contributed by atoms with Crippen molar-refractivity contribution in [3.63, 3.8) is 0 Å². The summed E-state index contributed by atoms with van der Waals surface area (Å²) in [6.07, 6.45) is 4.82. The van der Waals surface area contributed by atoms with Crippen LogP contribution in [0.4, 0.5) is 0 Å². The molecule has 4 rings (SSSR count). The zero-order chi connectivity index (χ0) is 12.9. The number of rotatable bonds is 1. The van der Waals surface area contributed by atoms with Crippen molar-refractivity contribution in [2.75, 3.05) is 19.8 Å². The van der Waals surface area contributed by atoms with Gasteiger partial charge in [0.25, 0.3) is 0 Å². The summed E-state index contributed by atoms with van der Waals surface area (Å²) >= 11 is 0. The lowest BCUT2D eigenvalue weighted by Crippen LogP contribution is -2.38. The van der Waals surface area contributed by atoms with Crippen LogP contribution in [-0.2, 0) is 15.9 Å². The van der Waals surface area contributed by atoms with Crippen LogP contribution in [0, 0.1) is 5.41 Å². The van der Waals surface area contributed by atoms with Gasteiger partial charge in [0, 0.05) is 11.8 Å². The minimum absolute atomic E-state index is 0.121. The highest BCUT2D eigenvalue weighted by atomic mass is 16.7. The van der Waals surface area contributed by atoms with Crippen LogP contribution in [0.1, 0.15) is 24.0 Å². The molecule has 100 valence electrons. The molecule has 1 atom stereocenters. The van der Waals surface area contributed by atoms with Crippen LogP contribution in [0.2, 0.25) is 0 Å². The standard InChI is InChI=1S/C16H18O3/c17-11-15-5-6-16(18-7-8-19-16)10-14(15)13-4-2-1-3-12(13)9-15/h1-4,10,17H,5-9,11H2/t15-/m1/s1. The fourth-order valence-electron chi connectivity index (χ4n) is 3.76. The third kappa shape index (κ3) is 1.55. The molecule has 1 heterocycles. The van der Waals surface area contributed by atoms with Crippen LogP contribution in [0.25, 0.3) is 5.57 Å². The van der Waals surface area contributed by atoms with Crippen molar-refractivity contribution in [3.8, 4) is 0 Å². The molecule has 1 N–H and O–H groups in total. The highest BCUT2D eigenvalue weighted by molar-refractivity contribution is 5.79. The summed E-state index contributed by atoms with van der Waals surface area (Å²) in [5, 5.41) is 9.93. The minimum atomic E-state index is -0.536. The first-order valence-electron chi connectivity index (χ1n) is 6.97. The lowest BCUT2D eigenvalue weighted by Gasteiger charge is -2.39. The van der Waals surface area contributed by atoms with Crippen LogP contribution in [0.5, 0.6) is 0 Å². The maximum Gasteiger partial charge on any atom is 0.188 e. The molecule has 3 aliphatic rings. The maximum atomic E-state index is 9.93. The molecule has 2 aliphatic carbocycles. The fourth-order valence-corrected chi connectivity index (χ4v) is 3.76. The molecule has 3 heteroatoms. The Hall–Kier alpha value is -1.16. The van der Waals surface area contributed by atoms with E-state index in [-0.39, 0.29) is 12.0 Å². The lowest BCUT2D eigenvalue weighted by molar-refractivity contribution is -0.131. The summed E-state index contributed by atoms with van der Waals surface area (Å²) in [4.78, 5) is 0. The predicted octanol–water partition coefficient (Wildman–Crippen LogP) is 2.14. The Balaban J connectivity index is 1.86. The molecular weight excluding hydrogens is 240 g/mol. The summed E-state index contributed by atoms with van der Waals surface area (Å²) in [7, 11) is 0. The van der Waals surface area contributed by atoms with Crippen LogP contribution in [-0.4, -0.2) is 30.7 Å². The van der Waals surface area contributed by atoms with E-state index in [9.17, 15) is 5.11 Å². The van der Waals surface area contributed by atoms with E-state index in [0.29, 0.717) is 13.2 Å². The molecule has 1 fully saturated rings. The van der Waals surface area contributed by atoms with E-state index < -0.39 is 5.79 Å². The van der Waals surface area contributed by atoms with Gasteiger partial charge in [-0.15, -0.1) is 0 Å². The second-order valence-corrected chi connectivity index (χ2v) is 5.84. The third-order valence-corrected chi connectivity index (χ3v) is 4.80. The zero-order valence-corrected chi connectivity index (χ0v) is 10.9. The molecular formula is C16H18O3. The van der Waals surface area contributed by atoms with E-state index in [2.05, 4.69) is 30.3 Å². The quantitative estimate of drug-likeness (QED) is 0.838. The molecule has 0 unspecified atom stereocenters. The number of hydrogen-bond donors (Lipinski definition) is 1. The van der Waals surface area contributed by atoms with Gasteiger partial charge in [-0.25, -0.2) is 0 Å². The molecule has 0 saturated carbocycles. The largest absolute Gasteiger partial charge is 0.395 e. The Morgan fingerprint density at radius 2 is 1.89 bits per heavy atom. The van der Waals surface area contributed by atoms with Crippen molar-refractivity contribution in [2.45, 2.75) is 25.0 Å². The summed E-state index contributed by atoms with van der Waals surface area (Å²) in [6, 6.07) is 8.44. The van der Waals surface area contributed by atoms with Gasteiger partial charge < -0.3 is 14.6 Å². The number of hydrogen-bond acceptors (Lipinski definition) is 3. The Labute approximate surface area is 112 Å². The monoisotopic (exact) mass is 258 g/mol. The first-order chi connectivity index (χ1) is 9.27. The van der Waals surface area contributed by atoms with Gasteiger partial charge in [0.15, 0.2) is 5.79 Å². The number of aliphatic hydroxyl groups excluding tert-OH is 1. The molecule has 1 aromatic carbocycles. The molecule has 3 nitrogen and oxygen atoms in total. The number of aliphatic hydroxyl groups is 1. The van der Waals surface area contributed by atoms with E-state index in [1.54, 1.807) is 0 Å². The van der Waals surface area contributed by atoms with E-state index in [4.69, 9.17) is 9.47 Å². The predicted molar refractivity (Wildman–Crippen MR) is 71.5 cm³/mol. The van der Waals surface area contributed by atoms with E-state index in [1.807, 2.05) is 0 Å². The molecule has 1 aliphatic heterocycles. The molecule has 0 amide bonds. The molecule has 1 saturated heterocycles. The van der Waals surface area contributed by atoms with Crippen LogP contribution < -0.4 is 0 Å². The van der Waals surface area contributed by atoms with Gasteiger partial charge in [0.2, 0.25) is 0 Å². The van der Waals surface area contributed by atoms with Gasteiger partial charge in [0.05, 0.1) is 19.8 Å². The zero-order valence-electron chi connectivity index (χ0n) is 10.9. The summed E-state index contributed by atoms with van der Waals surface area (Å²) in [5.41, 5.74) is 3.69. The van der Waals surface area contributed by atoms with E-state index in [0.717, 1.165) is 19.3 Å². The van der Waals surface area contributed by atoms with Gasteiger partial charge in [-0.1, -0.05) is 24.3 Å². The second kappa shape index (κ2) is 3.92. The van der Waals surface area contributed by atoms with Crippen molar-refractivity contribution < 1.29 is 14.6 Å². The third-order valence-electron chi connectivity index (χ3n) is 4.80. The highest BCUT2D eigenvalue weighted by Gasteiger charge is 2.49. The van der Waals surface area contributed by atoms with E-state index >= 15 is 0 Å². The highest BCUT2D eigenvalue weighted by Crippen LogP contribution is 2.54. The average Bonchev–Trinajstić information content (AvgIpc) is 3.03. The molecule has 0 aromatic heterocycles. The van der Waals surface area contributed by atoms with Gasteiger partial charge in [-0.05, 0) is 35.6 Å². The van der Waals surface area contributed by atoms with Gasteiger partial charge in [-0.2, -0.15) is 0 Å². The molecule has 0 bridgehead atoms. The number of fused-ring (bicyclic) bond motifs is 3. The normalized spacial score (nSPS) is 31.1. The van der Waals surface area contributed by atoms with Crippen LogP contribution in [0.3, 0.4) is 0 Å². The van der Waals surface area contributed by atoms with Gasteiger partial charge in [0.1, 0.15) is 0 Å². The van der Waals surface area contributed by atoms with Gasteiger partial charge in [-0.3, -0.25) is 0 Å².